The molecule has 6 heteroatoms. The van der Waals surface area contributed by atoms with Crippen molar-refractivity contribution < 1.29 is 9.53 Å². The second-order valence-corrected chi connectivity index (χ2v) is 7.07. The van der Waals surface area contributed by atoms with Crippen molar-refractivity contribution in [3.8, 4) is 0 Å². The van der Waals surface area contributed by atoms with Crippen molar-refractivity contribution >= 4 is 17.5 Å². The molecule has 1 fully saturated rings. The molecule has 3 rings (SSSR count). The summed E-state index contributed by atoms with van der Waals surface area (Å²) in [6.07, 6.45) is 3.19. The van der Waals surface area contributed by atoms with Gasteiger partial charge in [-0.1, -0.05) is 41.9 Å². The van der Waals surface area contributed by atoms with Gasteiger partial charge in [-0.05, 0) is 38.2 Å². The highest BCUT2D eigenvalue weighted by molar-refractivity contribution is 6.31. The predicted molar refractivity (Wildman–Crippen MR) is 97.6 cm³/mol. The highest BCUT2D eigenvalue weighted by Gasteiger charge is 2.33. The van der Waals surface area contributed by atoms with Crippen molar-refractivity contribution in [3.63, 3.8) is 0 Å². The van der Waals surface area contributed by atoms with Gasteiger partial charge in [0.15, 0.2) is 0 Å². The maximum absolute atomic E-state index is 11.5. The van der Waals surface area contributed by atoms with Gasteiger partial charge in [0.1, 0.15) is 11.8 Å². The highest BCUT2D eigenvalue weighted by atomic mass is 35.5. The number of nitrogens with zero attached hydrogens (tertiary/aromatic N) is 1. The Bertz CT molecular complexity index is 717. The van der Waals surface area contributed by atoms with Crippen LogP contribution >= 0.6 is 11.6 Å². The van der Waals surface area contributed by atoms with Crippen LogP contribution in [0.25, 0.3) is 0 Å². The summed E-state index contributed by atoms with van der Waals surface area (Å²) in [6, 6.07) is 10.4. The maximum atomic E-state index is 11.5. The number of H-pyrrole nitrogens is 1. The fourth-order valence-corrected chi connectivity index (χ4v) is 3.61. The van der Waals surface area contributed by atoms with Crippen LogP contribution in [0.4, 0.5) is 0 Å². The van der Waals surface area contributed by atoms with Gasteiger partial charge in [-0.25, -0.2) is 0 Å². The van der Waals surface area contributed by atoms with Gasteiger partial charge >= 0.3 is 0 Å². The fraction of sp³-hybridized carbons (Fsp3) is 0.474. The average molecular weight is 362 g/mol. The van der Waals surface area contributed by atoms with Gasteiger partial charge in [0.2, 0.25) is 5.91 Å². The van der Waals surface area contributed by atoms with Crippen molar-refractivity contribution in [2.45, 2.75) is 57.8 Å². The molecule has 0 aliphatic carbocycles. The number of rotatable bonds is 5. The molecule has 5 nitrogen and oxygen atoms in total. The van der Waals surface area contributed by atoms with Gasteiger partial charge in [-0.2, -0.15) is 5.10 Å². The third-order valence-electron chi connectivity index (χ3n) is 4.61. The number of hydrogen-bond donors (Lipinski definition) is 2. The van der Waals surface area contributed by atoms with Gasteiger partial charge in [0.05, 0.1) is 16.8 Å². The lowest BCUT2D eigenvalue weighted by molar-refractivity contribution is -0.122. The molecule has 0 spiro atoms. The van der Waals surface area contributed by atoms with Crippen LogP contribution in [0.2, 0.25) is 5.02 Å². The summed E-state index contributed by atoms with van der Waals surface area (Å²) in [5.41, 5.74) is 2.86. The van der Waals surface area contributed by atoms with E-state index in [2.05, 4.69) is 27.6 Å². The lowest BCUT2D eigenvalue weighted by Gasteiger charge is -2.35. The van der Waals surface area contributed by atoms with E-state index in [1.807, 2.05) is 25.1 Å². The van der Waals surface area contributed by atoms with E-state index < -0.39 is 0 Å². The van der Waals surface area contributed by atoms with Crippen molar-refractivity contribution in [1.82, 2.24) is 15.5 Å². The van der Waals surface area contributed by atoms with Gasteiger partial charge in [-0.15, -0.1) is 0 Å². The van der Waals surface area contributed by atoms with Crippen LogP contribution in [0.1, 0.15) is 49.2 Å². The first kappa shape index (κ1) is 18.0. The Labute approximate surface area is 153 Å². The van der Waals surface area contributed by atoms with E-state index in [4.69, 9.17) is 16.3 Å². The molecule has 2 heterocycles. The molecular formula is C19H24ClN3O2. The van der Waals surface area contributed by atoms with E-state index in [9.17, 15) is 4.79 Å². The Morgan fingerprint density at radius 3 is 2.76 bits per heavy atom. The van der Waals surface area contributed by atoms with Crippen LogP contribution in [0, 0.1) is 6.92 Å². The normalized spacial score (nSPS) is 23.4. The summed E-state index contributed by atoms with van der Waals surface area (Å²) in [6.45, 7) is 3.44. The molecule has 3 atom stereocenters. The van der Waals surface area contributed by atoms with Crippen molar-refractivity contribution in [3.05, 3.63) is 52.3 Å². The molecule has 134 valence electrons. The summed E-state index contributed by atoms with van der Waals surface area (Å²) in [4.78, 5) is 11.5. The van der Waals surface area contributed by atoms with Crippen LogP contribution in [-0.4, -0.2) is 28.3 Å². The molecule has 2 aromatic rings. The fourth-order valence-electron chi connectivity index (χ4n) is 3.40. The minimum Gasteiger partial charge on any atom is -0.368 e. The molecule has 1 aliphatic heterocycles. The van der Waals surface area contributed by atoms with Gasteiger partial charge in [0.25, 0.3) is 0 Å². The first-order valence-corrected chi connectivity index (χ1v) is 9.07. The summed E-state index contributed by atoms with van der Waals surface area (Å²) in [5, 5.41) is 10.9. The zero-order chi connectivity index (χ0) is 17.8. The summed E-state index contributed by atoms with van der Waals surface area (Å²) >= 11 is 6.36. The van der Waals surface area contributed by atoms with Gasteiger partial charge < -0.3 is 10.1 Å². The minimum atomic E-state index is -0.205. The van der Waals surface area contributed by atoms with E-state index in [-0.39, 0.29) is 24.2 Å². The van der Waals surface area contributed by atoms with E-state index in [0.717, 1.165) is 30.7 Å². The zero-order valence-electron chi connectivity index (χ0n) is 14.6. The smallest absolute Gasteiger partial charge is 0.217 e. The molecule has 0 radical (unpaired) electrons. The lowest BCUT2D eigenvalue weighted by Crippen LogP contribution is -2.42. The second-order valence-electron chi connectivity index (χ2n) is 6.69. The molecule has 0 saturated carbocycles. The van der Waals surface area contributed by atoms with E-state index >= 15 is 0 Å². The van der Waals surface area contributed by atoms with Crippen molar-refractivity contribution in [2.75, 3.05) is 0 Å². The molecular weight excluding hydrogens is 338 g/mol. The van der Waals surface area contributed by atoms with Gasteiger partial charge in [0, 0.05) is 13.0 Å². The first-order valence-electron chi connectivity index (χ1n) is 8.69. The SMILES string of the molecule is CC(=O)N[C@@H]1C[C@H](CCc2ccccc2)O[C@H](c2n[nH]c(C)c2Cl)C1. The number of ether oxygens (including phenoxy) is 1. The number of aromatic amines is 1. The standard InChI is InChI=1S/C19H24ClN3O2/c1-12-18(20)19(23-22-12)17-11-15(21-13(2)24)10-16(25-17)9-8-14-6-4-3-5-7-14/h3-7,15-17H,8-11H2,1-2H3,(H,21,24)(H,22,23)/t15-,16+,17+/m1/s1. The quantitative estimate of drug-likeness (QED) is 0.852. The molecule has 1 aliphatic rings. The number of aryl methyl sites for hydroxylation is 2. The number of nitrogens with one attached hydrogen (secondary N) is 2. The van der Waals surface area contributed by atoms with Crippen LogP contribution in [-0.2, 0) is 16.0 Å². The number of carbonyl (C=O) groups is 1. The number of hydrogen-bond acceptors (Lipinski definition) is 3. The summed E-state index contributed by atoms with van der Waals surface area (Å²) in [7, 11) is 0. The Morgan fingerprint density at radius 2 is 2.12 bits per heavy atom. The van der Waals surface area contributed by atoms with E-state index in [1.165, 1.54) is 5.56 Å². The average Bonchev–Trinajstić information content (AvgIpc) is 2.92. The Hall–Kier alpha value is -1.85. The zero-order valence-corrected chi connectivity index (χ0v) is 15.3. The molecule has 2 N–H and O–H groups in total. The third-order valence-corrected chi connectivity index (χ3v) is 5.09. The largest absolute Gasteiger partial charge is 0.368 e. The number of benzene rings is 1. The molecule has 1 saturated heterocycles. The second kappa shape index (κ2) is 8.02. The molecule has 0 unspecified atom stereocenters. The topological polar surface area (TPSA) is 67.0 Å². The van der Waals surface area contributed by atoms with E-state index in [1.54, 1.807) is 6.92 Å². The third kappa shape index (κ3) is 4.61. The summed E-state index contributed by atoms with van der Waals surface area (Å²) < 4.78 is 6.28. The number of amides is 1. The minimum absolute atomic E-state index is 0.0169. The molecule has 0 bridgehead atoms. The van der Waals surface area contributed by atoms with Crippen LogP contribution in [0.15, 0.2) is 30.3 Å². The Kier molecular flexibility index (Phi) is 5.76. The lowest BCUT2D eigenvalue weighted by atomic mass is 9.93. The van der Waals surface area contributed by atoms with Crippen LogP contribution < -0.4 is 5.32 Å². The van der Waals surface area contributed by atoms with Gasteiger partial charge in [-0.3, -0.25) is 9.89 Å². The van der Waals surface area contributed by atoms with Crippen LogP contribution in [0.5, 0.6) is 0 Å². The number of carbonyl (C=O) groups excluding carboxylic acids is 1. The van der Waals surface area contributed by atoms with Crippen LogP contribution in [0.3, 0.4) is 0 Å². The molecule has 25 heavy (non-hydrogen) atoms. The number of aromatic nitrogens is 2. The highest BCUT2D eigenvalue weighted by Crippen LogP contribution is 2.36. The molecule has 1 aromatic heterocycles. The Balaban J connectivity index is 1.71. The molecule has 1 amide bonds. The first-order chi connectivity index (χ1) is 12.0. The molecule has 1 aromatic carbocycles. The van der Waals surface area contributed by atoms with E-state index in [0.29, 0.717) is 11.4 Å². The van der Waals surface area contributed by atoms with Crippen molar-refractivity contribution in [1.29, 1.82) is 0 Å². The monoisotopic (exact) mass is 361 g/mol. The maximum Gasteiger partial charge on any atom is 0.217 e. The Morgan fingerprint density at radius 1 is 1.36 bits per heavy atom. The number of halogens is 1. The van der Waals surface area contributed by atoms with Crippen molar-refractivity contribution in [2.24, 2.45) is 0 Å². The summed E-state index contributed by atoms with van der Waals surface area (Å²) in [5.74, 6) is -0.0169. The predicted octanol–water partition coefficient (Wildman–Crippen LogP) is 3.73.